The highest BCUT2D eigenvalue weighted by atomic mass is 79.9. The molecule has 1 aromatic heterocycles. The van der Waals surface area contributed by atoms with Gasteiger partial charge < -0.3 is 17.0 Å². The molecule has 0 radical (unpaired) electrons. The molecular formula is C5H6BrNS. The number of aromatic nitrogens is 1. The van der Waals surface area contributed by atoms with E-state index in [9.17, 15) is 0 Å². The molecule has 1 rings (SSSR count). The van der Waals surface area contributed by atoms with E-state index in [0.717, 1.165) is 5.03 Å². The van der Waals surface area contributed by atoms with Crippen molar-refractivity contribution in [3.8, 4) is 0 Å². The average Bonchev–Trinajstić information content (AvgIpc) is 1.69. The van der Waals surface area contributed by atoms with Crippen molar-refractivity contribution < 1.29 is 22.0 Å². The van der Waals surface area contributed by atoms with E-state index in [2.05, 4.69) is 17.6 Å². The number of thiol groups is 1. The molecule has 0 saturated heterocycles. The fourth-order valence-electron chi connectivity index (χ4n) is 0.384. The number of hydrogen-bond acceptors (Lipinski definition) is 1. The van der Waals surface area contributed by atoms with Crippen molar-refractivity contribution in [2.75, 3.05) is 0 Å². The van der Waals surface area contributed by atoms with Crippen LogP contribution in [-0.2, 0) is 0 Å². The van der Waals surface area contributed by atoms with Gasteiger partial charge in [-0.2, -0.15) is 0 Å². The lowest BCUT2D eigenvalue weighted by molar-refractivity contribution is -0.426. The second kappa shape index (κ2) is 3.92. The summed E-state index contributed by atoms with van der Waals surface area (Å²) >= 11 is 4.03. The SMILES string of the molecule is Sc1cccc[nH+]1.[Br-]. The monoisotopic (exact) mass is 191 g/mol. The van der Waals surface area contributed by atoms with Gasteiger partial charge in [0.25, 0.3) is 0 Å². The van der Waals surface area contributed by atoms with Gasteiger partial charge in [-0.1, -0.05) is 12.6 Å². The van der Waals surface area contributed by atoms with Gasteiger partial charge in [0.2, 0.25) is 5.03 Å². The Hall–Kier alpha value is -0.0200. The normalized spacial score (nSPS) is 7.62. The van der Waals surface area contributed by atoms with E-state index in [1.165, 1.54) is 0 Å². The topological polar surface area (TPSA) is 14.1 Å². The van der Waals surface area contributed by atoms with E-state index >= 15 is 0 Å². The van der Waals surface area contributed by atoms with Gasteiger partial charge in [-0.15, -0.1) is 0 Å². The summed E-state index contributed by atoms with van der Waals surface area (Å²) in [4.78, 5) is 2.90. The first-order valence-electron chi connectivity index (χ1n) is 2.05. The molecule has 0 spiro atoms. The molecule has 3 heteroatoms. The molecule has 0 atom stereocenters. The Morgan fingerprint density at radius 2 is 2.12 bits per heavy atom. The summed E-state index contributed by atoms with van der Waals surface area (Å²) in [6.45, 7) is 0. The molecule has 0 aliphatic carbocycles. The van der Waals surface area contributed by atoms with Gasteiger partial charge in [-0.3, -0.25) is 0 Å². The highest BCUT2D eigenvalue weighted by Gasteiger charge is 1.82. The number of hydrogen-bond donors (Lipinski definition) is 1. The molecule has 0 amide bonds. The molecule has 0 aliphatic heterocycles. The maximum Gasteiger partial charge on any atom is 0.235 e. The Bertz CT molecular complexity index is 142. The highest BCUT2D eigenvalue weighted by molar-refractivity contribution is 7.80. The zero-order valence-corrected chi connectivity index (χ0v) is 6.62. The highest BCUT2D eigenvalue weighted by Crippen LogP contribution is 1.90. The standard InChI is InChI=1S/C5H5NS.BrH/c7-5-3-1-2-4-6-5;/h1-4H,(H,6,7);1H. The Labute approximate surface area is 64.3 Å². The van der Waals surface area contributed by atoms with Crippen LogP contribution in [0.25, 0.3) is 0 Å². The molecule has 0 aromatic carbocycles. The number of H-pyrrole nitrogens is 1. The molecule has 0 bridgehead atoms. The fourth-order valence-corrected chi connectivity index (χ4v) is 0.544. The maximum atomic E-state index is 4.03. The van der Waals surface area contributed by atoms with Gasteiger partial charge in [0, 0.05) is 12.1 Å². The van der Waals surface area contributed by atoms with Crippen LogP contribution in [0, 0.1) is 0 Å². The van der Waals surface area contributed by atoms with Crippen molar-refractivity contribution in [3.05, 3.63) is 24.4 Å². The minimum Gasteiger partial charge on any atom is -1.00 e. The van der Waals surface area contributed by atoms with E-state index in [1.54, 1.807) is 0 Å². The summed E-state index contributed by atoms with van der Waals surface area (Å²) < 4.78 is 0. The van der Waals surface area contributed by atoms with Crippen molar-refractivity contribution in [3.63, 3.8) is 0 Å². The molecule has 8 heavy (non-hydrogen) atoms. The second-order valence-corrected chi connectivity index (χ2v) is 1.73. The first kappa shape index (κ1) is 7.98. The summed E-state index contributed by atoms with van der Waals surface area (Å²) in [5, 5.41) is 0.891. The molecule has 1 N–H and O–H groups in total. The first-order chi connectivity index (χ1) is 3.39. The average molecular weight is 192 g/mol. The van der Waals surface area contributed by atoms with Gasteiger partial charge >= 0.3 is 0 Å². The predicted octanol–water partition coefficient (Wildman–Crippen LogP) is -2.21. The van der Waals surface area contributed by atoms with Gasteiger partial charge in [0.15, 0.2) is 6.20 Å². The van der Waals surface area contributed by atoms with Crippen LogP contribution in [0.1, 0.15) is 0 Å². The lowest BCUT2D eigenvalue weighted by Crippen LogP contribution is -3.00. The lowest BCUT2D eigenvalue weighted by atomic mass is 10.5. The summed E-state index contributed by atoms with van der Waals surface area (Å²) in [7, 11) is 0. The van der Waals surface area contributed by atoms with Crippen LogP contribution in [0.4, 0.5) is 0 Å². The molecule has 1 nitrogen and oxygen atoms in total. The minimum absolute atomic E-state index is 0. The van der Waals surface area contributed by atoms with E-state index < -0.39 is 0 Å². The quantitative estimate of drug-likeness (QED) is 0.448. The molecule has 0 fully saturated rings. The number of pyridine rings is 1. The molecule has 0 saturated carbocycles. The van der Waals surface area contributed by atoms with E-state index in [0.29, 0.717) is 0 Å². The lowest BCUT2D eigenvalue weighted by Gasteiger charge is -1.73. The second-order valence-electron chi connectivity index (χ2n) is 1.25. The third-order valence-corrected chi connectivity index (χ3v) is 0.971. The van der Waals surface area contributed by atoms with Crippen LogP contribution in [0.2, 0.25) is 0 Å². The summed E-state index contributed by atoms with van der Waals surface area (Å²) in [6.07, 6.45) is 1.84. The summed E-state index contributed by atoms with van der Waals surface area (Å²) in [6, 6.07) is 5.74. The van der Waals surface area contributed by atoms with Crippen molar-refractivity contribution in [2.24, 2.45) is 0 Å². The first-order valence-corrected chi connectivity index (χ1v) is 2.50. The predicted molar refractivity (Wildman–Crippen MR) is 30.2 cm³/mol. The van der Waals surface area contributed by atoms with E-state index in [-0.39, 0.29) is 17.0 Å². The van der Waals surface area contributed by atoms with E-state index in [1.807, 2.05) is 24.4 Å². The van der Waals surface area contributed by atoms with Gasteiger partial charge in [0.05, 0.1) is 0 Å². The number of halogens is 1. The number of rotatable bonds is 0. The smallest absolute Gasteiger partial charge is 0.235 e. The van der Waals surface area contributed by atoms with Gasteiger partial charge in [-0.25, -0.2) is 4.98 Å². The van der Waals surface area contributed by atoms with Gasteiger partial charge in [-0.05, 0) is 6.07 Å². The van der Waals surface area contributed by atoms with Crippen LogP contribution >= 0.6 is 12.6 Å². The number of aromatic amines is 1. The van der Waals surface area contributed by atoms with Crippen LogP contribution < -0.4 is 22.0 Å². The van der Waals surface area contributed by atoms with Crippen LogP contribution in [0.5, 0.6) is 0 Å². The molecule has 0 unspecified atom stereocenters. The fraction of sp³-hybridized carbons (Fsp3) is 0. The van der Waals surface area contributed by atoms with Crippen LogP contribution in [0.3, 0.4) is 0 Å². The third-order valence-electron chi connectivity index (χ3n) is 0.693. The molecule has 1 heterocycles. The molecular weight excluding hydrogens is 186 g/mol. The van der Waals surface area contributed by atoms with E-state index in [4.69, 9.17) is 0 Å². The Kier molecular flexibility index (Phi) is 3.91. The Balaban J connectivity index is 0.000000490. The molecule has 1 aromatic rings. The molecule has 0 aliphatic rings. The maximum absolute atomic E-state index is 4.03. The minimum atomic E-state index is 0. The largest absolute Gasteiger partial charge is 1.00 e. The van der Waals surface area contributed by atoms with Crippen molar-refractivity contribution in [1.82, 2.24) is 0 Å². The van der Waals surface area contributed by atoms with Crippen molar-refractivity contribution >= 4 is 12.6 Å². The zero-order chi connectivity index (χ0) is 5.11. The summed E-state index contributed by atoms with van der Waals surface area (Å²) in [5.41, 5.74) is 0. The van der Waals surface area contributed by atoms with Crippen molar-refractivity contribution in [1.29, 1.82) is 0 Å². The summed E-state index contributed by atoms with van der Waals surface area (Å²) in [5.74, 6) is 0. The third kappa shape index (κ3) is 2.33. The van der Waals surface area contributed by atoms with Crippen LogP contribution in [0.15, 0.2) is 29.4 Å². The van der Waals surface area contributed by atoms with Gasteiger partial charge in [0.1, 0.15) is 0 Å². The molecule has 44 valence electrons. The number of nitrogens with one attached hydrogen (secondary N) is 1. The Morgan fingerprint density at radius 3 is 2.38 bits per heavy atom. The Morgan fingerprint density at radius 1 is 1.38 bits per heavy atom. The zero-order valence-electron chi connectivity index (χ0n) is 4.13. The van der Waals surface area contributed by atoms with Crippen molar-refractivity contribution in [2.45, 2.75) is 5.03 Å². The van der Waals surface area contributed by atoms with Crippen LogP contribution in [-0.4, -0.2) is 0 Å².